The number of nitrogens with two attached hydrogens (primary N) is 1. The van der Waals surface area contributed by atoms with Crippen molar-refractivity contribution in [2.45, 2.75) is 39.2 Å². The highest BCUT2D eigenvalue weighted by Gasteiger charge is 2.16. The molecule has 0 saturated heterocycles. The van der Waals surface area contributed by atoms with Gasteiger partial charge in [-0.2, -0.15) is 10.4 Å². The van der Waals surface area contributed by atoms with Crippen LogP contribution >= 0.6 is 0 Å². The van der Waals surface area contributed by atoms with Gasteiger partial charge in [-0.25, -0.2) is 9.07 Å². The molecule has 0 saturated carbocycles. The van der Waals surface area contributed by atoms with E-state index in [0.717, 1.165) is 12.4 Å². The van der Waals surface area contributed by atoms with Crippen LogP contribution in [0, 0.1) is 17.1 Å². The van der Waals surface area contributed by atoms with Gasteiger partial charge in [-0.3, -0.25) is 4.99 Å². The summed E-state index contributed by atoms with van der Waals surface area (Å²) >= 11 is 0. The van der Waals surface area contributed by atoms with Crippen LogP contribution in [0.2, 0.25) is 0 Å². The topological polar surface area (TPSA) is 104 Å². The second-order valence-corrected chi connectivity index (χ2v) is 7.18. The van der Waals surface area contributed by atoms with Crippen LogP contribution < -0.4 is 16.4 Å². The Hall–Kier alpha value is -3.08. The summed E-state index contributed by atoms with van der Waals surface area (Å²) < 4.78 is 14.6. The number of aliphatic imine (C=N–C) groups is 1. The Morgan fingerprint density at radius 1 is 1.33 bits per heavy atom. The van der Waals surface area contributed by atoms with Crippen LogP contribution in [0.5, 0.6) is 0 Å². The number of hydrogen-bond acceptors (Lipinski definition) is 4. The van der Waals surface area contributed by atoms with Gasteiger partial charge in [0.05, 0.1) is 11.4 Å². The van der Waals surface area contributed by atoms with Crippen LogP contribution in [0.25, 0.3) is 5.69 Å². The maximum absolute atomic E-state index is 13.1. The Morgan fingerprint density at radius 3 is 2.56 bits per heavy atom. The molecule has 4 N–H and O–H groups in total. The fourth-order valence-corrected chi connectivity index (χ4v) is 2.55. The lowest BCUT2D eigenvalue weighted by molar-refractivity contribution is 0.501. The summed E-state index contributed by atoms with van der Waals surface area (Å²) in [6, 6.07) is 7.94. The highest BCUT2D eigenvalue weighted by molar-refractivity contribution is 5.80. The molecule has 1 aromatic heterocycles. The number of rotatable bonds is 5. The number of halogens is 1. The van der Waals surface area contributed by atoms with E-state index in [1.165, 1.54) is 16.8 Å². The number of hydrogen-bond donors (Lipinski definition) is 3. The normalized spacial score (nSPS) is 11.9. The van der Waals surface area contributed by atoms with Gasteiger partial charge in [-0.15, -0.1) is 0 Å². The Labute approximate surface area is 159 Å². The first-order valence-corrected chi connectivity index (χ1v) is 8.77. The van der Waals surface area contributed by atoms with Gasteiger partial charge in [0.15, 0.2) is 5.96 Å². The molecule has 0 aliphatic heterocycles. The fraction of sp³-hybridized carbons (Fsp3) is 0.421. The first-order valence-electron chi connectivity index (χ1n) is 8.77. The number of aromatic nitrogens is 2. The maximum atomic E-state index is 13.1. The van der Waals surface area contributed by atoms with Crippen molar-refractivity contribution in [2.24, 2.45) is 4.99 Å². The first kappa shape index (κ1) is 20.2. The molecule has 1 heterocycles. The van der Waals surface area contributed by atoms with Gasteiger partial charge < -0.3 is 16.4 Å². The van der Waals surface area contributed by atoms with Gasteiger partial charge in [0, 0.05) is 19.1 Å². The van der Waals surface area contributed by atoms with E-state index in [-0.39, 0.29) is 17.2 Å². The third-order valence-electron chi connectivity index (χ3n) is 3.78. The number of nitriles is 1. The number of nitrogens with one attached hydrogen (secondary N) is 2. The molecular formula is C19H26FN7. The zero-order valence-electron chi connectivity index (χ0n) is 16.2. The molecule has 0 radical (unpaired) electrons. The van der Waals surface area contributed by atoms with Crippen LogP contribution in [-0.4, -0.2) is 34.9 Å². The van der Waals surface area contributed by atoms with Crippen molar-refractivity contribution < 1.29 is 4.39 Å². The number of nitrogens with zero attached hydrogens (tertiary/aromatic N) is 4. The smallest absolute Gasteiger partial charge is 0.191 e. The SMILES string of the molecule is CN=C(NCCCc1nn(-c2ccc(F)cc2)c(N)c1C#N)NC(C)(C)C. The molecule has 1 aromatic carbocycles. The summed E-state index contributed by atoms with van der Waals surface area (Å²) in [5.74, 6) is 0.644. The lowest BCUT2D eigenvalue weighted by atomic mass is 10.1. The Kier molecular flexibility index (Phi) is 6.40. The van der Waals surface area contributed by atoms with Crippen molar-refractivity contribution in [1.29, 1.82) is 5.26 Å². The van der Waals surface area contributed by atoms with Gasteiger partial charge in [0.1, 0.15) is 23.3 Å². The summed E-state index contributed by atoms with van der Waals surface area (Å²) in [6.07, 6.45) is 1.33. The summed E-state index contributed by atoms with van der Waals surface area (Å²) in [6.45, 7) is 6.85. The standard InChI is InChI=1S/C19H26FN7/c1-19(2,3)25-18(23-4)24-11-5-6-16-15(12-21)17(22)27(26-16)14-9-7-13(20)8-10-14/h7-10H,5-6,11,22H2,1-4H3,(H2,23,24,25). The number of anilines is 1. The molecule has 0 unspecified atom stereocenters. The molecule has 27 heavy (non-hydrogen) atoms. The summed E-state index contributed by atoms with van der Waals surface area (Å²) in [5.41, 5.74) is 7.58. The zero-order chi connectivity index (χ0) is 20.0. The Bertz CT molecular complexity index is 839. The largest absolute Gasteiger partial charge is 0.382 e. The predicted octanol–water partition coefficient (Wildman–Crippen LogP) is 2.36. The lowest BCUT2D eigenvalue weighted by Gasteiger charge is -2.23. The van der Waals surface area contributed by atoms with Crippen LogP contribution in [0.3, 0.4) is 0 Å². The molecule has 2 aromatic rings. The monoisotopic (exact) mass is 371 g/mol. The minimum absolute atomic E-state index is 0.0851. The summed E-state index contributed by atoms with van der Waals surface area (Å²) in [7, 11) is 1.72. The maximum Gasteiger partial charge on any atom is 0.191 e. The molecule has 0 aliphatic rings. The molecule has 8 heteroatoms. The summed E-state index contributed by atoms with van der Waals surface area (Å²) in [4.78, 5) is 4.19. The molecule has 2 rings (SSSR count). The highest BCUT2D eigenvalue weighted by atomic mass is 19.1. The first-order chi connectivity index (χ1) is 12.7. The van der Waals surface area contributed by atoms with Gasteiger partial charge in [0.25, 0.3) is 0 Å². The predicted molar refractivity (Wildman–Crippen MR) is 105 cm³/mol. The van der Waals surface area contributed by atoms with Crippen molar-refractivity contribution in [2.75, 3.05) is 19.3 Å². The van der Waals surface area contributed by atoms with Crippen LogP contribution in [0.15, 0.2) is 29.3 Å². The molecule has 144 valence electrons. The van der Waals surface area contributed by atoms with E-state index >= 15 is 0 Å². The van der Waals surface area contributed by atoms with Crippen LogP contribution in [0.4, 0.5) is 10.2 Å². The zero-order valence-corrected chi connectivity index (χ0v) is 16.2. The lowest BCUT2D eigenvalue weighted by Crippen LogP contribution is -2.47. The molecule has 0 amide bonds. The average molecular weight is 371 g/mol. The van der Waals surface area contributed by atoms with Crippen LogP contribution in [0.1, 0.15) is 38.4 Å². The molecule has 0 fully saturated rings. The van der Waals surface area contributed by atoms with E-state index in [0.29, 0.717) is 29.9 Å². The van der Waals surface area contributed by atoms with Gasteiger partial charge in [-0.05, 0) is 57.9 Å². The molecule has 7 nitrogen and oxygen atoms in total. The summed E-state index contributed by atoms with van der Waals surface area (Å²) in [5, 5.41) is 20.4. The van der Waals surface area contributed by atoms with Crippen molar-refractivity contribution >= 4 is 11.8 Å². The minimum atomic E-state index is -0.339. The number of aryl methyl sites for hydroxylation is 1. The van der Waals surface area contributed by atoms with Crippen molar-refractivity contribution in [3.8, 4) is 11.8 Å². The van der Waals surface area contributed by atoms with Gasteiger partial charge in [0.2, 0.25) is 0 Å². The molecule has 0 aliphatic carbocycles. The quantitative estimate of drug-likeness (QED) is 0.425. The second-order valence-electron chi connectivity index (χ2n) is 7.18. The van der Waals surface area contributed by atoms with Crippen molar-refractivity contribution in [3.63, 3.8) is 0 Å². The van der Waals surface area contributed by atoms with Gasteiger partial charge >= 0.3 is 0 Å². The van der Waals surface area contributed by atoms with E-state index in [1.54, 1.807) is 19.2 Å². The molecule has 0 spiro atoms. The second kappa shape index (κ2) is 8.54. The van der Waals surface area contributed by atoms with E-state index in [4.69, 9.17) is 5.73 Å². The minimum Gasteiger partial charge on any atom is -0.382 e. The average Bonchev–Trinajstić information content (AvgIpc) is 2.93. The third-order valence-corrected chi connectivity index (χ3v) is 3.78. The van der Waals surface area contributed by atoms with Gasteiger partial charge in [-0.1, -0.05) is 0 Å². The molecule has 0 bridgehead atoms. The van der Waals surface area contributed by atoms with E-state index < -0.39 is 0 Å². The van der Waals surface area contributed by atoms with E-state index in [1.807, 2.05) is 0 Å². The van der Waals surface area contributed by atoms with E-state index in [9.17, 15) is 9.65 Å². The highest BCUT2D eigenvalue weighted by Crippen LogP contribution is 2.21. The van der Waals surface area contributed by atoms with Crippen molar-refractivity contribution in [1.82, 2.24) is 20.4 Å². The molecule has 0 atom stereocenters. The van der Waals surface area contributed by atoms with E-state index in [2.05, 4.69) is 47.6 Å². The van der Waals surface area contributed by atoms with Crippen LogP contribution in [-0.2, 0) is 6.42 Å². The Morgan fingerprint density at radius 2 is 2.00 bits per heavy atom. The third kappa shape index (κ3) is 5.45. The fourth-order valence-electron chi connectivity index (χ4n) is 2.55. The van der Waals surface area contributed by atoms with Crippen molar-refractivity contribution in [3.05, 3.63) is 41.3 Å². The Balaban J connectivity index is 2.04. The number of benzene rings is 1. The molecular weight excluding hydrogens is 345 g/mol. The number of nitrogen functional groups attached to an aromatic ring is 1. The number of guanidine groups is 1.